The second-order valence-corrected chi connectivity index (χ2v) is 5.38. The molecule has 0 aromatic heterocycles. The lowest BCUT2D eigenvalue weighted by molar-refractivity contribution is 0.463. The molecule has 0 aliphatic carbocycles. The van der Waals surface area contributed by atoms with Crippen LogP contribution in [0, 0.1) is 0 Å². The highest BCUT2D eigenvalue weighted by Gasteiger charge is 2.23. The largest absolute Gasteiger partial charge is 0.285 e. The van der Waals surface area contributed by atoms with E-state index in [9.17, 15) is 8.42 Å². The maximum Gasteiger partial charge on any atom is 0.271 e. The number of hydrogen-bond donors (Lipinski definition) is 1. The lowest BCUT2D eigenvalue weighted by Crippen LogP contribution is -2.11. The van der Waals surface area contributed by atoms with Gasteiger partial charge in [-0.15, -0.1) is 0 Å². The van der Waals surface area contributed by atoms with Gasteiger partial charge in [0.1, 0.15) is 5.25 Å². The molecule has 0 fully saturated rings. The molecule has 0 aliphatic rings. The van der Waals surface area contributed by atoms with E-state index >= 15 is 0 Å². The molecule has 0 spiro atoms. The van der Waals surface area contributed by atoms with Crippen LogP contribution in [-0.4, -0.2) is 13.0 Å². The minimum atomic E-state index is -4.04. The smallest absolute Gasteiger partial charge is 0.271 e. The summed E-state index contributed by atoms with van der Waals surface area (Å²) in [6.07, 6.45) is 1.09. The summed E-state index contributed by atoms with van der Waals surface area (Å²) in [7, 11) is -4.04. The van der Waals surface area contributed by atoms with Crippen molar-refractivity contribution >= 4 is 21.7 Å². The zero-order valence-electron chi connectivity index (χ0n) is 8.35. The van der Waals surface area contributed by atoms with Crippen molar-refractivity contribution in [3.05, 3.63) is 34.9 Å². The molecule has 1 rings (SSSR count). The topological polar surface area (TPSA) is 54.4 Å². The molecule has 0 aliphatic heterocycles. The van der Waals surface area contributed by atoms with E-state index in [4.69, 9.17) is 16.2 Å². The SMILES string of the molecule is CCCC(c1ccc(Cl)cc1)S(=O)(=O)O. The van der Waals surface area contributed by atoms with Crippen molar-refractivity contribution in [2.45, 2.75) is 25.0 Å². The van der Waals surface area contributed by atoms with Crippen LogP contribution in [0.3, 0.4) is 0 Å². The lowest BCUT2D eigenvalue weighted by Gasteiger charge is -2.12. The van der Waals surface area contributed by atoms with E-state index < -0.39 is 15.4 Å². The fourth-order valence-electron chi connectivity index (χ4n) is 1.43. The summed E-state index contributed by atoms with van der Waals surface area (Å²) in [6.45, 7) is 1.87. The molecule has 84 valence electrons. The van der Waals surface area contributed by atoms with Gasteiger partial charge in [-0.05, 0) is 24.1 Å². The van der Waals surface area contributed by atoms with Gasteiger partial charge in [0.15, 0.2) is 0 Å². The average Bonchev–Trinajstić information content (AvgIpc) is 2.14. The molecule has 1 N–H and O–H groups in total. The maximum atomic E-state index is 11.1. The molecule has 1 aromatic carbocycles. The first-order valence-electron chi connectivity index (χ1n) is 4.67. The van der Waals surface area contributed by atoms with Crippen LogP contribution in [0.2, 0.25) is 5.02 Å². The Bertz CT molecular complexity index is 411. The van der Waals surface area contributed by atoms with Gasteiger partial charge < -0.3 is 0 Å². The highest BCUT2D eigenvalue weighted by molar-refractivity contribution is 7.86. The molecule has 1 atom stereocenters. The van der Waals surface area contributed by atoms with Crippen LogP contribution < -0.4 is 0 Å². The van der Waals surface area contributed by atoms with E-state index in [2.05, 4.69) is 0 Å². The van der Waals surface area contributed by atoms with Crippen molar-refractivity contribution in [3.63, 3.8) is 0 Å². The Morgan fingerprint density at radius 2 is 1.87 bits per heavy atom. The zero-order valence-corrected chi connectivity index (χ0v) is 9.92. The van der Waals surface area contributed by atoms with Crippen molar-refractivity contribution in [1.82, 2.24) is 0 Å². The van der Waals surface area contributed by atoms with Crippen molar-refractivity contribution in [3.8, 4) is 0 Å². The van der Waals surface area contributed by atoms with Crippen molar-refractivity contribution in [1.29, 1.82) is 0 Å². The third kappa shape index (κ3) is 3.48. The van der Waals surface area contributed by atoms with E-state index in [1.165, 1.54) is 0 Å². The molecule has 1 unspecified atom stereocenters. The zero-order chi connectivity index (χ0) is 11.5. The quantitative estimate of drug-likeness (QED) is 0.834. The van der Waals surface area contributed by atoms with E-state index in [0.29, 0.717) is 23.4 Å². The van der Waals surface area contributed by atoms with Crippen LogP contribution in [-0.2, 0) is 10.1 Å². The van der Waals surface area contributed by atoms with Gasteiger partial charge in [0.05, 0.1) is 0 Å². The second-order valence-electron chi connectivity index (χ2n) is 3.34. The van der Waals surface area contributed by atoms with Gasteiger partial charge in [-0.25, -0.2) is 0 Å². The predicted octanol–water partition coefficient (Wildman–Crippen LogP) is 3.07. The molecule has 5 heteroatoms. The summed E-state index contributed by atoms with van der Waals surface area (Å²) in [4.78, 5) is 0. The molecule has 0 saturated carbocycles. The molecule has 3 nitrogen and oxygen atoms in total. The lowest BCUT2D eigenvalue weighted by atomic mass is 10.1. The molecule has 0 bridgehead atoms. The standard InChI is InChI=1S/C10H13ClO3S/c1-2-3-10(15(12,13)14)8-4-6-9(11)7-5-8/h4-7,10H,2-3H2,1H3,(H,12,13,14). The summed E-state index contributed by atoms with van der Waals surface area (Å²) in [6, 6.07) is 6.47. The van der Waals surface area contributed by atoms with Crippen LogP contribution in [0.5, 0.6) is 0 Å². The van der Waals surface area contributed by atoms with Gasteiger partial charge in [-0.2, -0.15) is 8.42 Å². The summed E-state index contributed by atoms with van der Waals surface area (Å²) in [5, 5.41) is -0.302. The molecule has 1 aromatic rings. The second kappa shape index (κ2) is 4.96. The van der Waals surface area contributed by atoms with Gasteiger partial charge in [0, 0.05) is 5.02 Å². The number of halogens is 1. The van der Waals surface area contributed by atoms with Crippen LogP contribution in [0.25, 0.3) is 0 Å². The molecular formula is C10H13ClO3S. The van der Waals surface area contributed by atoms with E-state index in [-0.39, 0.29) is 0 Å². The van der Waals surface area contributed by atoms with Crippen LogP contribution in [0.1, 0.15) is 30.6 Å². The Morgan fingerprint density at radius 3 is 2.27 bits per heavy atom. The first kappa shape index (κ1) is 12.5. The number of benzene rings is 1. The highest BCUT2D eigenvalue weighted by atomic mass is 35.5. The van der Waals surface area contributed by atoms with E-state index in [1.807, 2.05) is 6.92 Å². The van der Waals surface area contributed by atoms with Crippen molar-refractivity contribution < 1.29 is 13.0 Å². The minimum absolute atomic E-state index is 0.403. The van der Waals surface area contributed by atoms with Gasteiger partial charge >= 0.3 is 0 Å². The van der Waals surface area contributed by atoms with Gasteiger partial charge in [0.25, 0.3) is 10.1 Å². The number of hydrogen-bond acceptors (Lipinski definition) is 2. The average molecular weight is 249 g/mol. The predicted molar refractivity (Wildman–Crippen MR) is 60.6 cm³/mol. The fourth-order valence-corrected chi connectivity index (χ4v) is 2.59. The maximum absolute atomic E-state index is 11.1. The third-order valence-electron chi connectivity index (χ3n) is 2.15. The first-order chi connectivity index (χ1) is 6.95. The summed E-state index contributed by atoms with van der Waals surface area (Å²) in [5.41, 5.74) is 0.573. The summed E-state index contributed by atoms with van der Waals surface area (Å²) >= 11 is 5.70. The van der Waals surface area contributed by atoms with Crippen LogP contribution in [0.4, 0.5) is 0 Å². The summed E-state index contributed by atoms with van der Waals surface area (Å²) < 4.78 is 31.3. The molecular weight excluding hydrogens is 236 g/mol. The molecule has 0 radical (unpaired) electrons. The van der Waals surface area contributed by atoms with Crippen molar-refractivity contribution in [2.75, 3.05) is 0 Å². The normalized spacial score (nSPS) is 13.8. The van der Waals surface area contributed by atoms with Crippen LogP contribution >= 0.6 is 11.6 Å². The third-order valence-corrected chi connectivity index (χ3v) is 3.63. The van der Waals surface area contributed by atoms with Gasteiger partial charge in [-0.3, -0.25) is 4.55 Å². The molecule has 0 heterocycles. The Morgan fingerprint density at radius 1 is 1.33 bits per heavy atom. The molecule has 15 heavy (non-hydrogen) atoms. The summed E-state index contributed by atoms with van der Waals surface area (Å²) in [5.74, 6) is 0. The first-order valence-corrected chi connectivity index (χ1v) is 6.55. The highest BCUT2D eigenvalue weighted by Crippen LogP contribution is 2.27. The Balaban J connectivity index is 3.05. The van der Waals surface area contributed by atoms with Gasteiger partial charge in [-0.1, -0.05) is 37.1 Å². The molecule has 0 amide bonds. The minimum Gasteiger partial charge on any atom is -0.285 e. The molecule has 0 saturated heterocycles. The van der Waals surface area contributed by atoms with E-state index in [1.54, 1.807) is 24.3 Å². The van der Waals surface area contributed by atoms with Crippen molar-refractivity contribution in [2.24, 2.45) is 0 Å². The monoisotopic (exact) mass is 248 g/mol. The Labute approximate surface area is 94.8 Å². The number of rotatable bonds is 4. The van der Waals surface area contributed by atoms with E-state index in [0.717, 1.165) is 0 Å². The van der Waals surface area contributed by atoms with Crippen LogP contribution in [0.15, 0.2) is 24.3 Å². The fraction of sp³-hybridized carbons (Fsp3) is 0.400. The Kier molecular flexibility index (Phi) is 4.13. The van der Waals surface area contributed by atoms with Gasteiger partial charge in [0.2, 0.25) is 0 Å². The Hall–Kier alpha value is -0.580.